The average Bonchev–Trinajstić information content (AvgIpc) is 3.36. The van der Waals surface area contributed by atoms with E-state index in [9.17, 15) is 4.79 Å². The van der Waals surface area contributed by atoms with Gasteiger partial charge >= 0.3 is 0 Å². The first-order valence-corrected chi connectivity index (χ1v) is 10.5. The van der Waals surface area contributed by atoms with Crippen LogP contribution < -0.4 is 10.1 Å². The molecule has 0 atom stereocenters. The zero-order chi connectivity index (χ0) is 20.4. The number of hydrogen-bond acceptors (Lipinski definition) is 5. The first-order chi connectivity index (χ1) is 14.0. The van der Waals surface area contributed by atoms with E-state index < -0.39 is 0 Å². The zero-order valence-electron chi connectivity index (χ0n) is 15.7. The molecule has 146 valence electrons. The smallest absolute Gasteiger partial charge is 0.250 e. The third-order valence-electron chi connectivity index (χ3n) is 4.47. The summed E-state index contributed by atoms with van der Waals surface area (Å²) in [5.41, 5.74) is 4.34. The maximum atomic E-state index is 12.3. The van der Waals surface area contributed by atoms with Crippen molar-refractivity contribution in [2.24, 2.45) is 0 Å². The van der Waals surface area contributed by atoms with Crippen LogP contribution in [0.25, 0.3) is 27.7 Å². The van der Waals surface area contributed by atoms with E-state index in [1.807, 2.05) is 48.7 Å². The Hall–Kier alpha value is -2.90. The van der Waals surface area contributed by atoms with E-state index in [0.717, 1.165) is 37.7 Å². The Bertz CT molecular complexity index is 1210. The molecule has 1 N–H and O–H groups in total. The van der Waals surface area contributed by atoms with Crippen molar-refractivity contribution in [2.75, 3.05) is 12.4 Å². The Morgan fingerprint density at radius 3 is 2.90 bits per heavy atom. The van der Waals surface area contributed by atoms with Crippen LogP contribution in [-0.4, -0.2) is 18.0 Å². The van der Waals surface area contributed by atoms with Gasteiger partial charge in [0.15, 0.2) is 5.13 Å². The van der Waals surface area contributed by atoms with E-state index in [-0.39, 0.29) is 5.91 Å². The minimum absolute atomic E-state index is 0.237. The SMILES string of the molecule is COc1cc2occ(-c3cccc(Br)c3)c2cc1/C(C)=C/C(=O)Nc1nccs1. The number of aromatic nitrogens is 1. The normalized spacial score (nSPS) is 11.6. The number of nitrogens with zero attached hydrogens (tertiary/aromatic N) is 1. The summed E-state index contributed by atoms with van der Waals surface area (Å²) in [5.74, 6) is 0.405. The van der Waals surface area contributed by atoms with Crippen molar-refractivity contribution in [2.45, 2.75) is 6.92 Å². The molecule has 5 nitrogen and oxygen atoms in total. The number of thiazole rings is 1. The van der Waals surface area contributed by atoms with Crippen LogP contribution >= 0.6 is 27.3 Å². The number of anilines is 1. The number of benzene rings is 2. The number of nitrogens with one attached hydrogen (secondary N) is 1. The molecule has 0 radical (unpaired) electrons. The summed E-state index contributed by atoms with van der Waals surface area (Å²) >= 11 is 4.89. The maximum Gasteiger partial charge on any atom is 0.250 e. The van der Waals surface area contributed by atoms with Crippen molar-refractivity contribution in [3.8, 4) is 16.9 Å². The summed E-state index contributed by atoms with van der Waals surface area (Å²) in [6.45, 7) is 1.88. The second-order valence-corrected chi connectivity index (χ2v) is 8.17. The summed E-state index contributed by atoms with van der Waals surface area (Å²) in [7, 11) is 1.60. The van der Waals surface area contributed by atoms with Crippen molar-refractivity contribution in [1.82, 2.24) is 4.98 Å². The number of allylic oxidation sites excluding steroid dienone is 1. The van der Waals surface area contributed by atoms with Crippen LogP contribution in [0.5, 0.6) is 5.75 Å². The molecule has 2 aromatic heterocycles. The highest BCUT2D eigenvalue weighted by atomic mass is 79.9. The van der Waals surface area contributed by atoms with Gasteiger partial charge in [-0.3, -0.25) is 10.1 Å². The Kier molecular flexibility index (Phi) is 5.51. The van der Waals surface area contributed by atoms with E-state index in [2.05, 4.69) is 26.2 Å². The summed E-state index contributed by atoms with van der Waals surface area (Å²) in [4.78, 5) is 16.4. The van der Waals surface area contributed by atoms with Gasteiger partial charge in [-0.2, -0.15) is 0 Å². The quantitative estimate of drug-likeness (QED) is 0.345. The lowest BCUT2D eigenvalue weighted by molar-refractivity contribution is -0.111. The third kappa shape index (κ3) is 4.11. The first-order valence-electron chi connectivity index (χ1n) is 8.79. The molecule has 0 fully saturated rings. The molecule has 4 aromatic rings. The van der Waals surface area contributed by atoms with Gasteiger partial charge in [-0.15, -0.1) is 11.3 Å². The van der Waals surface area contributed by atoms with Gasteiger partial charge in [0.05, 0.1) is 13.4 Å². The van der Waals surface area contributed by atoms with Crippen molar-refractivity contribution < 1.29 is 13.9 Å². The van der Waals surface area contributed by atoms with Gasteiger partial charge in [0, 0.05) is 44.7 Å². The second-order valence-electron chi connectivity index (χ2n) is 6.36. The maximum absolute atomic E-state index is 12.3. The number of furan rings is 1. The summed E-state index contributed by atoms with van der Waals surface area (Å²) in [6.07, 6.45) is 4.93. The van der Waals surface area contributed by atoms with E-state index >= 15 is 0 Å². The van der Waals surface area contributed by atoms with Gasteiger partial charge in [0.1, 0.15) is 11.3 Å². The Labute approximate surface area is 180 Å². The lowest BCUT2D eigenvalue weighted by Gasteiger charge is -2.10. The number of methoxy groups -OCH3 is 1. The molecule has 0 aliphatic rings. The van der Waals surface area contributed by atoms with Crippen molar-refractivity contribution in [1.29, 1.82) is 0 Å². The summed E-state index contributed by atoms with van der Waals surface area (Å²) in [5, 5.41) is 6.09. The van der Waals surface area contributed by atoms with Gasteiger partial charge in [-0.25, -0.2) is 4.98 Å². The number of fused-ring (bicyclic) bond motifs is 1. The molecule has 0 aliphatic heterocycles. The molecule has 0 saturated carbocycles. The van der Waals surface area contributed by atoms with Crippen molar-refractivity contribution in [3.63, 3.8) is 0 Å². The summed E-state index contributed by atoms with van der Waals surface area (Å²) < 4.78 is 12.3. The number of carbonyl (C=O) groups is 1. The molecule has 0 bridgehead atoms. The van der Waals surface area contributed by atoms with Crippen LogP contribution in [0.1, 0.15) is 12.5 Å². The lowest BCUT2D eigenvalue weighted by Crippen LogP contribution is -2.08. The highest BCUT2D eigenvalue weighted by molar-refractivity contribution is 9.10. The van der Waals surface area contributed by atoms with Crippen LogP contribution in [0.4, 0.5) is 5.13 Å². The van der Waals surface area contributed by atoms with Crippen LogP contribution in [0.3, 0.4) is 0 Å². The number of rotatable bonds is 5. The predicted molar refractivity (Wildman–Crippen MR) is 120 cm³/mol. The van der Waals surface area contributed by atoms with E-state index in [1.165, 1.54) is 11.3 Å². The van der Waals surface area contributed by atoms with E-state index in [1.54, 1.807) is 25.6 Å². The lowest BCUT2D eigenvalue weighted by atomic mass is 9.99. The topological polar surface area (TPSA) is 64.4 Å². The molecule has 0 aliphatic carbocycles. The molecule has 1 amide bonds. The molecular formula is C22H17BrN2O3S. The van der Waals surface area contributed by atoms with Crippen LogP contribution in [0, 0.1) is 0 Å². The van der Waals surface area contributed by atoms with E-state index in [0.29, 0.717) is 10.9 Å². The van der Waals surface area contributed by atoms with Crippen molar-refractivity contribution >= 4 is 54.8 Å². The monoisotopic (exact) mass is 468 g/mol. The second kappa shape index (κ2) is 8.23. The molecule has 0 spiro atoms. The fourth-order valence-corrected chi connectivity index (χ4v) is 4.04. The molecule has 4 rings (SSSR count). The van der Waals surface area contributed by atoms with Crippen LogP contribution in [-0.2, 0) is 4.79 Å². The third-order valence-corrected chi connectivity index (χ3v) is 5.65. The van der Waals surface area contributed by atoms with Crippen molar-refractivity contribution in [3.05, 3.63) is 70.4 Å². The number of ether oxygens (including phenoxy) is 1. The minimum Gasteiger partial charge on any atom is -0.496 e. The molecule has 2 aromatic carbocycles. The van der Waals surface area contributed by atoms with Gasteiger partial charge < -0.3 is 9.15 Å². The Morgan fingerprint density at radius 2 is 2.17 bits per heavy atom. The number of hydrogen-bond donors (Lipinski definition) is 1. The molecule has 0 saturated heterocycles. The summed E-state index contributed by atoms with van der Waals surface area (Å²) in [6, 6.07) is 11.9. The molecule has 2 heterocycles. The Balaban J connectivity index is 1.75. The van der Waals surface area contributed by atoms with Gasteiger partial charge in [-0.05, 0) is 36.3 Å². The number of amides is 1. The standard InChI is InChI=1S/C22H17BrN2O3S/c1-13(8-21(26)25-22-24-6-7-29-22)16-10-17-18(14-4-3-5-15(23)9-14)12-28-20(17)11-19(16)27-2/h3-12H,1-2H3,(H,24,25,26)/b13-8+. The highest BCUT2D eigenvalue weighted by Gasteiger charge is 2.15. The molecule has 0 unspecified atom stereocenters. The Morgan fingerprint density at radius 1 is 1.31 bits per heavy atom. The zero-order valence-corrected chi connectivity index (χ0v) is 18.1. The van der Waals surface area contributed by atoms with Gasteiger partial charge in [0.25, 0.3) is 0 Å². The van der Waals surface area contributed by atoms with E-state index in [4.69, 9.17) is 9.15 Å². The number of carbonyl (C=O) groups excluding carboxylic acids is 1. The van der Waals surface area contributed by atoms with Gasteiger partial charge in [0.2, 0.25) is 5.91 Å². The predicted octanol–water partition coefficient (Wildman–Crippen LogP) is 6.37. The highest BCUT2D eigenvalue weighted by Crippen LogP contribution is 2.37. The van der Waals surface area contributed by atoms with Crippen LogP contribution in [0.15, 0.2) is 69.2 Å². The molecular weight excluding hydrogens is 452 g/mol. The largest absolute Gasteiger partial charge is 0.496 e. The fourth-order valence-electron chi connectivity index (χ4n) is 3.11. The molecule has 29 heavy (non-hydrogen) atoms. The molecule has 7 heteroatoms. The minimum atomic E-state index is -0.237. The fraction of sp³-hybridized carbons (Fsp3) is 0.0909. The number of halogens is 1. The first kappa shape index (κ1) is 19.4. The van der Waals surface area contributed by atoms with Gasteiger partial charge in [-0.1, -0.05) is 28.1 Å². The van der Waals surface area contributed by atoms with Crippen LogP contribution in [0.2, 0.25) is 0 Å². The average molecular weight is 469 g/mol.